The van der Waals surface area contributed by atoms with Crippen molar-refractivity contribution in [3.8, 4) is 17.0 Å². The summed E-state index contributed by atoms with van der Waals surface area (Å²) in [6.07, 6.45) is 3.71. The number of rotatable bonds is 2. The quantitative estimate of drug-likeness (QED) is 0.271. The van der Waals surface area contributed by atoms with Crippen LogP contribution in [0.25, 0.3) is 22.2 Å². The molecule has 0 aliphatic carbocycles. The van der Waals surface area contributed by atoms with E-state index in [1.807, 2.05) is 30.6 Å². The van der Waals surface area contributed by atoms with Gasteiger partial charge >= 0.3 is 0 Å². The normalized spacial score (nSPS) is 15.4. The van der Waals surface area contributed by atoms with Crippen LogP contribution in [-0.2, 0) is 26.2 Å². The van der Waals surface area contributed by atoms with Gasteiger partial charge in [-0.25, -0.2) is 4.39 Å². The molecule has 0 N–H and O–H groups in total. The van der Waals surface area contributed by atoms with E-state index in [1.165, 1.54) is 16.7 Å². The molecule has 4 bridgehead atoms. The Hall–Kier alpha value is -4.00. The number of hydrogen-bond acceptors (Lipinski definition) is 4. The Morgan fingerprint density at radius 3 is 2.51 bits per heavy atom. The maximum Gasteiger partial charge on any atom is 0.123 e. The van der Waals surface area contributed by atoms with Gasteiger partial charge in [-0.05, 0) is 72.3 Å². The van der Waals surface area contributed by atoms with Gasteiger partial charge in [-0.15, -0.1) is 0 Å². The molecule has 0 unspecified atom stereocenters. The molecule has 0 radical (unpaired) electrons. The number of likely N-dealkylation sites (N-methyl/N-ethyl adjacent to an activating group) is 1. The highest BCUT2D eigenvalue weighted by Crippen LogP contribution is 2.31. The second kappa shape index (κ2) is 11.4. The maximum absolute atomic E-state index is 14.2. The molecule has 0 fully saturated rings. The summed E-state index contributed by atoms with van der Waals surface area (Å²) in [6, 6.07) is 28.4. The lowest BCUT2D eigenvalue weighted by Crippen LogP contribution is -2.27. The van der Waals surface area contributed by atoms with Crippen molar-refractivity contribution in [2.24, 2.45) is 0 Å². The van der Waals surface area contributed by atoms with E-state index < -0.39 is 0 Å². The number of nitrogens with zero attached hydrogens (tertiary/aromatic N) is 4. The first-order valence-corrected chi connectivity index (χ1v) is 13.5. The van der Waals surface area contributed by atoms with E-state index in [2.05, 4.69) is 81.0 Å². The van der Waals surface area contributed by atoms with Gasteiger partial charge in [-0.1, -0.05) is 36.4 Å². The zero-order chi connectivity index (χ0) is 26.6. The first kappa shape index (κ1) is 25.3. The number of fused-ring (bicyclic) bond motifs is 8. The second-order valence-electron chi connectivity index (χ2n) is 10.4. The molecule has 6 rings (SSSR count). The van der Waals surface area contributed by atoms with Crippen molar-refractivity contribution < 1.29 is 9.13 Å². The highest BCUT2D eigenvalue weighted by atomic mass is 19.1. The van der Waals surface area contributed by atoms with E-state index in [0.717, 1.165) is 67.2 Å². The number of ether oxygens (including phenoxy) is 1. The van der Waals surface area contributed by atoms with Crippen LogP contribution in [0.3, 0.4) is 0 Å². The Morgan fingerprint density at radius 2 is 1.64 bits per heavy atom. The number of benzene rings is 3. The Morgan fingerprint density at radius 1 is 0.821 bits per heavy atom. The first-order valence-electron chi connectivity index (χ1n) is 13.5. The monoisotopic (exact) mass is 520 g/mol. The molecule has 39 heavy (non-hydrogen) atoms. The van der Waals surface area contributed by atoms with Crippen LogP contribution in [0, 0.1) is 5.82 Å². The molecule has 5 nitrogen and oxygen atoms in total. The summed E-state index contributed by atoms with van der Waals surface area (Å²) in [6.45, 7) is 5.55. The third-order valence-corrected chi connectivity index (χ3v) is 7.38. The average molecular weight is 521 g/mol. The summed E-state index contributed by atoms with van der Waals surface area (Å²) in [5.74, 6) is 0.621. The van der Waals surface area contributed by atoms with E-state index in [0.29, 0.717) is 6.61 Å². The zero-order valence-corrected chi connectivity index (χ0v) is 22.3. The van der Waals surface area contributed by atoms with Gasteiger partial charge in [-0.3, -0.25) is 14.8 Å². The lowest BCUT2D eigenvalue weighted by atomic mass is 10.1. The van der Waals surface area contributed by atoms with Crippen molar-refractivity contribution in [3.05, 3.63) is 120 Å². The van der Waals surface area contributed by atoms with Crippen molar-refractivity contribution >= 4 is 10.9 Å². The van der Waals surface area contributed by atoms with Crippen LogP contribution < -0.4 is 4.74 Å². The van der Waals surface area contributed by atoms with Crippen molar-refractivity contribution in [2.75, 3.05) is 26.7 Å². The SMILES string of the molecule is CN1CCOc2cccc(c2)-c2cc3cc(F)ccc3n2CCN(Cc2ccncc2)Cc2cccc(c2)C1. The number of hydrogen-bond donors (Lipinski definition) is 0. The third kappa shape index (κ3) is 6.03. The van der Waals surface area contributed by atoms with Gasteiger partial charge in [0.1, 0.15) is 18.2 Å². The molecule has 0 spiro atoms. The number of halogens is 1. The van der Waals surface area contributed by atoms with Gasteiger partial charge in [0.2, 0.25) is 0 Å². The van der Waals surface area contributed by atoms with Crippen LogP contribution in [0.4, 0.5) is 4.39 Å². The minimum atomic E-state index is -0.221. The molecule has 0 saturated heterocycles. The van der Waals surface area contributed by atoms with Gasteiger partial charge in [0.25, 0.3) is 0 Å². The molecule has 198 valence electrons. The lowest BCUT2D eigenvalue weighted by Gasteiger charge is -2.24. The molecule has 1 aliphatic heterocycles. The van der Waals surface area contributed by atoms with Crippen molar-refractivity contribution in [1.82, 2.24) is 19.4 Å². The van der Waals surface area contributed by atoms with Gasteiger partial charge in [0.05, 0.1) is 0 Å². The highest BCUT2D eigenvalue weighted by Gasteiger charge is 2.15. The lowest BCUT2D eigenvalue weighted by molar-refractivity contribution is 0.232. The Bertz CT molecular complexity index is 1570. The minimum Gasteiger partial charge on any atom is -0.492 e. The molecule has 0 atom stereocenters. The smallest absolute Gasteiger partial charge is 0.123 e. The predicted octanol–water partition coefficient (Wildman–Crippen LogP) is 6.37. The third-order valence-electron chi connectivity index (χ3n) is 7.38. The van der Waals surface area contributed by atoms with Crippen LogP contribution >= 0.6 is 0 Å². The molecule has 0 saturated carbocycles. The largest absolute Gasteiger partial charge is 0.492 e. The number of pyridine rings is 1. The minimum absolute atomic E-state index is 0.221. The van der Waals surface area contributed by atoms with E-state index in [4.69, 9.17) is 4.74 Å². The first-order chi connectivity index (χ1) is 19.1. The molecular weight excluding hydrogens is 487 g/mol. The molecule has 3 aromatic carbocycles. The second-order valence-corrected chi connectivity index (χ2v) is 10.4. The zero-order valence-electron chi connectivity index (χ0n) is 22.3. The van der Waals surface area contributed by atoms with Crippen molar-refractivity contribution in [3.63, 3.8) is 0 Å². The van der Waals surface area contributed by atoms with Crippen LogP contribution in [-0.4, -0.2) is 46.1 Å². The summed E-state index contributed by atoms with van der Waals surface area (Å²) < 4.78 is 22.7. The fraction of sp³-hybridized carbons (Fsp3) is 0.242. The van der Waals surface area contributed by atoms with Gasteiger partial charge in [0.15, 0.2) is 0 Å². The molecule has 3 heterocycles. The average Bonchev–Trinajstić information content (AvgIpc) is 3.30. The van der Waals surface area contributed by atoms with Crippen molar-refractivity contribution in [1.29, 1.82) is 0 Å². The summed E-state index contributed by atoms with van der Waals surface area (Å²) in [4.78, 5) is 8.98. The van der Waals surface area contributed by atoms with Gasteiger partial charge in [0, 0.05) is 73.8 Å². The summed E-state index contributed by atoms with van der Waals surface area (Å²) >= 11 is 0. The summed E-state index contributed by atoms with van der Waals surface area (Å²) in [7, 11) is 2.13. The summed E-state index contributed by atoms with van der Waals surface area (Å²) in [5.41, 5.74) is 6.98. The van der Waals surface area contributed by atoms with Crippen molar-refractivity contribution in [2.45, 2.75) is 26.2 Å². The Kier molecular flexibility index (Phi) is 7.39. The highest BCUT2D eigenvalue weighted by molar-refractivity contribution is 5.87. The van der Waals surface area contributed by atoms with Crippen LogP contribution in [0.1, 0.15) is 16.7 Å². The fourth-order valence-corrected chi connectivity index (χ4v) is 5.46. The molecule has 5 aromatic rings. The molecular formula is C33H33FN4O. The van der Waals surface area contributed by atoms with Crippen LogP contribution in [0.5, 0.6) is 5.75 Å². The van der Waals surface area contributed by atoms with Gasteiger partial charge < -0.3 is 9.30 Å². The van der Waals surface area contributed by atoms with Crippen LogP contribution in [0.2, 0.25) is 0 Å². The van der Waals surface area contributed by atoms with E-state index in [-0.39, 0.29) is 5.82 Å². The van der Waals surface area contributed by atoms with E-state index in [9.17, 15) is 4.39 Å². The number of aromatic nitrogens is 2. The Balaban J connectivity index is 1.41. The molecule has 1 aliphatic rings. The maximum atomic E-state index is 14.2. The van der Waals surface area contributed by atoms with Gasteiger partial charge in [-0.2, -0.15) is 0 Å². The van der Waals surface area contributed by atoms with E-state index in [1.54, 1.807) is 12.1 Å². The standard InChI is InChI=1S/C33H33FN4O/c1-36-16-17-39-31-7-3-6-28(20-31)33-21-29-19-30(34)8-9-32(29)38(33)15-14-37(23-25-10-12-35-13-11-25)24-27-5-2-4-26(18-27)22-36/h2-13,18-21H,14-17,22-24H2,1H3. The Labute approximate surface area is 229 Å². The molecule has 0 amide bonds. The van der Waals surface area contributed by atoms with Crippen LogP contribution in [0.15, 0.2) is 97.3 Å². The molecule has 6 heteroatoms. The summed E-state index contributed by atoms with van der Waals surface area (Å²) in [5, 5.41) is 0.903. The van der Waals surface area contributed by atoms with E-state index >= 15 is 0 Å². The topological polar surface area (TPSA) is 33.5 Å². The fourth-order valence-electron chi connectivity index (χ4n) is 5.46. The predicted molar refractivity (Wildman–Crippen MR) is 154 cm³/mol. The molecule has 2 aromatic heterocycles.